The third kappa shape index (κ3) is 2.44. The van der Waals surface area contributed by atoms with Gasteiger partial charge < -0.3 is 19.6 Å². The molecule has 0 bridgehead atoms. The quantitative estimate of drug-likeness (QED) is 0.761. The fourth-order valence-corrected chi connectivity index (χ4v) is 2.72. The lowest BCUT2D eigenvalue weighted by atomic mass is 10.0. The Morgan fingerprint density at radius 2 is 2.00 bits per heavy atom. The number of fused-ring (bicyclic) bond motifs is 1. The van der Waals surface area contributed by atoms with E-state index in [-0.39, 0.29) is 12.3 Å². The topological polar surface area (TPSA) is 89.4 Å². The molecule has 1 aliphatic rings. The molecule has 0 saturated heterocycles. The van der Waals surface area contributed by atoms with Gasteiger partial charge >= 0.3 is 5.69 Å². The molecule has 2 aromatic heterocycles. The number of rotatable bonds is 3. The van der Waals surface area contributed by atoms with Crippen molar-refractivity contribution >= 4 is 0 Å². The molecule has 4 rings (SSSR count). The van der Waals surface area contributed by atoms with Crippen molar-refractivity contribution in [1.29, 1.82) is 0 Å². The lowest BCUT2D eigenvalue weighted by Gasteiger charge is -2.21. The van der Waals surface area contributed by atoms with E-state index in [4.69, 9.17) is 9.47 Å². The van der Waals surface area contributed by atoms with E-state index in [1.165, 1.54) is 4.57 Å². The van der Waals surface area contributed by atoms with Crippen molar-refractivity contribution in [2.45, 2.75) is 6.61 Å². The summed E-state index contributed by atoms with van der Waals surface area (Å²) in [6.07, 6.45) is 4.84. The zero-order chi connectivity index (χ0) is 16.5. The number of nitrogens with one attached hydrogen (secondary N) is 1. The van der Waals surface area contributed by atoms with E-state index in [1.807, 2.05) is 12.1 Å². The zero-order valence-corrected chi connectivity index (χ0v) is 12.7. The van der Waals surface area contributed by atoms with Gasteiger partial charge in [0, 0.05) is 24.2 Å². The lowest BCUT2D eigenvalue weighted by molar-refractivity contribution is 0.171. The number of aliphatic hydroxyl groups excluding tert-OH is 1. The number of H-pyrrole nitrogens is 1. The Morgan fingerprint density at radius 3 is 2.62 bits per heavy atom. The van der Waals surface area contributed by atoms with Crippen LogP contribution in [0.15, 0.2) is 47.7 Å². The monoisotopic (exact) mass is 325 g/mol. The molecule has 0 atom stereocenters. The second kappa shape index (κ2) is 5.86. The average molecular weight is 325 g/mol. The Bertz CT molecular complexity index is 928. The van der Waals surface area contributed by atoms with Gasteiger partial charge in [0.1, 0.15) is 19.0 Å². The van der Waals surface area contributed by atoms with Crippen LogP contribution in [0.25, 0.3) is 16.9 Å². The molecule has 0 fully saturated rings. The molecule has 0 amide bonds. The first-order valence-corrected chi connectivity index (χ1v) is 7.52. The number of imidazole rings is 1. The van der Waals surface area contributed by atoms with Crippen LogP contribution in [0, 0.1) is 0 Å². The summed E-state index contributed by atoms with van der Waals surface area (Å²) in [6.45, 7) is 0.877. The second-order valence-electron chi connectivity index (χ2n) is 5.35. The van der Waals surface area contributed by atoms with Crippen LogP contribution >= 0.6 is 0 Å². The van der Waals surface area contributed by atoms with Crippen LogP contribution in [0.3, 0.4) is 0 Å². The fraction of sp³-hybridized carbons (Fsp3) is 0.176. The van der Waals surface area contributed by atoms with E-state index in [2.05, 4.69) is 9.97 Å². The third-order valence-electron chi connectivity index (χ3n) is 3.89. The number of nitrogens with zero attached hydrogens (tertiary/aromatic N) is 2. The van der Waals surface area contributed by atoms with Crippen molar-refractivity contribution < 1.29 is 14.6 Å². The normalized spacial score (nSPS) is 13.0. The Morgan fingerprint density at radius 1 is 1.21 bits per heavy atom. The summed E-state index contributed by atoms with van der Waals surface area (Å²) < 4.78 is 12.6. The van der Waals surface area contributed by atoms with Gasteiger partial charge in [0.05, 0.1) is 6.61 Å². The molecular formula is C17H15N3O4. The molecule has 1 aliphatic heterocycles. The van der Waals surface area contributed by atoms with Gasteiger partial charge in [-0.25, -0.2) is 9.78 Å². The number of pyridine rings is 1. The minimum absolute atomic E-state index is 0.120. The molecular weight excluding hydrogens is 310 g/mol. The molecule has 0 saturated carbocycles. The average Bonchev–Trinajstić information content (AvgIpc) is 3.06. The van der Waals surface area contributed by atoms with Crippen molar-refractivity contribution in [2.24, 2.45) is 0 Å². The highest BCUT2D eigenvalue weighted by atomic mass is 16.6. The maximum Gasteiger partial charge on any atom is 0.331 e. The lowest BCUT2D eigenvalue weighted by Crippen LogP contribution is -2.16. The first kappa shape index (κ1) is 14.5. The third-order valence-corrected chi connectivity index (χ3v) is 3.89. The largest absolute Gasteiger partial charge is 0.486 e. The van der Waals surface area contributed by atoms with Gasteiger partial charge in [0.25, 0.3) is 0 Å². The van der Waals surface area contributed by atoms with Gasteiger partial charge in [0.15, 0.2) is 11.5 Å². The van der Waals surface area contributed by atoms with Gasteiger partial charge in [-0.3, -0.25) is 4.57 Å². The van der Waals surface area contributed by atoms with E-state index >= 15 is 0 Å². The highest BCUT2D eigenvalue weighted by molar-refractivity contribution is 5.71. The molecule has 1 aromatic carbocycles. The summed E-state index contributed by atoms with van der Waals surface area (Å²) in [6, 6.07) is 7.24. The van der Waals surface area contributed by atoms with Gasteiger partial charge in [-0.1, -0.05) is 0 Å². The van der Waals surface area contributed by atoms with E-state index in [0.29, 0.717) is 30.5 Å². The maximum absolute atomic E-state index is 11.6. The molecule has 122 valence electrons. The zero-order valence-electron chi connectivity index (χ0n) is 12.7. The molecule has 7 heteroatoms. The molecule has 0 unspecified atom stereocenters. The standard InChI is InChI=1S/C17H15N3O4/c21-10-12-7-14-15(24-6-5-23-14)8-13(12)11-1-2-16(19-9-11)20-4-3-18-17(20)22/h1-4,7-9,21H,5-6,10H2,(H,18,22). The Hall–Kier alpha value is -3.06. The van der Waals surface area contributed by atoms with Gasteiger partial charge in [-0.15, -0.1) is 0 Å². The van der Waals surface area contributed by atoms with Crippen molar-refractivity contribution in [3.63, 3.8) is 0 Å². The van der Waals surface area contributed by atoms with Crippen molar-refractivity contribution in [3.05, 3.63) is 58.9 Å². The van der Waals surface area contributed by atoms with Crippen LogP contribution in [-0.2, 0) is 6.61 Å². The minimum atomic E-state index is -0.245. The number of benzene rings is 1. The Kier molecular flexibility index (Phi) is 3.55. The predicted molar refractivity (Wildman–Crippen MR) is 86.5 cm³/mol. The summed E-state index contributed by atoms with van der Waals surface area (Å²) in [5.74, 6) is 1.81. The summed E-state index contributed by atoms with van der Waals surface area (Å²) in [5.41, 5.74) is 2.13. The summed E-state index contributed by atoms with van der Waals surface area (Å²) in [7, 11) is 0. The van der Waals surface area contributed by atoms with Crippen molar-refractivity contribution in [2.75, 3.05) is 13.2 Å². The first-order chi connectivity index (χ1) is 11.8. The van der Waals surface area contributed by atoms with Gasteiger partial charge in [-0.2, -0.15) is 0 Å². The van der Waals surface area contributed by atoms with Gasteiger partial charge in [-0.05, 0) is 35.4 Å². The van der Waals surface area contributed by atoms with E-state index in [9.17, 15) is 9.90 Å². The van der Waals surface area contributed by atoms with Crippen molar-refractivity contribution in [1.82, 2.24) is 14.5 Å². The van der Waals surface area contributed by atoms with Crippen LogP contribution in [-0.4, -0.2) is 32.9 Å². The number of aromatic amines is 1. The van der Waals surface area contributed by atoms with E-state index in [0.717, 1.165) is 16.7 Å². The number of aliphatic hydroxyl groups is 1. The molecule has 0 spiro atoms. The highest BCUT2D eigenvalue weighted by Gasteiger charge is 2.16. The van der Waals surface area contributed by atoms with E-state index < -0.39 is 0 Å². The fourth-order valence-electron chi connectivity index (χ4n) is 2.72. The highest BCUT2D eigenvalue weighted by Crippen LogP contribution is 2.37. The Balaban J connectivity index is 1.76. The number of hydrogen-bond donors (Lipinski definition) is 2. The Labute approximate surface area is 137 Å². The number of ether oxygens (including phenoxy) is 2. The maximum atomic E-state index is 11.6. The van der Waals surface area contributed by atoms with Crippen molar-refractivity contribution in [3.8, 4) is 28.4 Å². The second-order valence-corrected chi connectivity index (χ2v) is 5.35. The summed E-state index contributed by atoms with van der Waals surface area (Å²) in [5, 5.41) is 9.66. The van der Waals surface area contributed by atoms with E-state index in [1.54, 1.807) is 30.7 Å². The van der Waals surface area contributed by atoms with Crippen LogP contribution in [0.2, 0.25) is 0 Å². The minimum Gasteiger partial charge on any atom is -0.486 e. The predicted octanol–water partition coefficient (Wildman–Crippen LogP) is 1.49. The molecule has 0 aliphatic carbocycles. The van der Waals surface area contributed by atoms with Crippen LogP contribution in [0.5, 0.6) is 11.5 Å². The first-order valence-electron chi connectivity index (χ1n) is 7.52. The van der Waals surface area contributed by atoms with Crippen LogP contribution < -0.4 is 15.2 Å². The van der Waals surface area contributed by atoms with Crippen LogP contribution in [0.1, 0.15) is 5.56 Å². The molecule has 3 heterocycles. The number of aromatic nitrogens is 3. The molecule has 24 heavy (non-hydrogen) atoms. The number of hydrogen-bond acceptors (Lipinski definition) is 5. The molecule has 3 aromatic rings. The SMILES string of the molecule is O=c1[nH]ccn1-c1ccc(-c2cc3c(cc2CO)OCCO3)cn1. The molecule has 2 N–H and O–H groups in total. The van der Waals surface area contributed by atoms with Crippen LogP contribution in [0.4, 0.5) is 0 Å². The molecule has 0 radical (unpaired) electrons. The molecule has 7 nitrogen and oxygen atoms in total. The van der Waals surface area contributed by atoms with Gasteiger partial charge in [0.2, 0.25) is 0 Å². The summed E-state index contributed by atoms with van der Waals surface area (Å²) in [4.78, 5) is 18.5. The summed E-state index contributed by atoms with van der Waals surface area (Å²) >= 11 is 0. The smallest absolute Gasteiger partial charge is 0.331 e.